The molecule has 1 aromatic carbocycles. The number of hydrogen-bond donors (Lipinski definition) is 2. The number of anilines is 1. The summed E-state index contributed by atoms with van der Waals surface area (Å²) in [4.78, 5) is 42.3. The van der Waals surface area contributed by atoms with Gasteiger partial charge in [0.25, 0.3) is 11.5 Å². The average Bonchev–Trinajstić information content (AvgIpc) is 3.59. The monoisotopic (exact) mass is 458 g/mol. The Morgan fingerprint density at radius 1 is 1.06 bits per heavy atom. The number of nitro groups is 1. The van der Waals surface area contributed by atoms with Crippen LogP contribution in [0.2, 0.25) is 0 Å². The predicted molar refractivity (Wildman–Crippen MR) is 118 cm³/mol. The third-order valence-corrected chi connectivity index (χ3v) is 4.72. The Bertz CT molecular complexity index is 1550. The molecule has 5 rings (SSSR count). The highest BCUT2D eigenvalue weighted by molar-refractivity contribution is 6.02. The molecule has 0 aliphatic carbocycles. The van der Waals surface area contributed by atoms with Crippen LogP contribution >= 0.6 is 0 Å². The number of rotatable bonds is 6. The van der Waals surface area contributed by atoms with E-state index in [0.717, 1.165) is 6.07 Å². The van der Waals surface area contributed by atoms with Crippen molar-refractivity contribution in [3.8, 4) is 28.7 Å². The first kappa shape index (κ1) is 20.6. The van der Waals surface area contributed by atoms with Gasteiger partial charge in [-0.1, -0.05) is 30.3 Å². The molecule has 0 aliphatic rings. The number of hydrogen-bond acceptors (Lipinski definition) is 8. The Kier molecular flexibility index (Phi) is 5.07. The molecule has 0 spiro atoms. The van der Waals surface area contributed by atoms with Gasteiger partial charge in [0.15, 0.2) is 11.5 Å². The average molecular weight is 458 g/mol. The summed E-state index contributed by atoms with van der Waals surface area (Å²) in [5.74, 6) is -1.06. The van der Waals surface area contributed by atoms with E-state index < -0.39 is 22.3 Å². The van der Waals surface area contributed by atoms with Crippen molar-refractivity contribution in [1.82, 2.24) is 19.7 Å². The van der Waals surface area contributed by atoms with Crippen molar-refractivity contribution < 1.29 is 18.6 Å². The van der Waals surface area contributed by atoms with E-state index in [0.29, 0.717) is 22.7 Å². The minimum atomic E-state index is -0.762. The lowest BCUT2D eigenvalue weighted by Gasteiger charge is -2.08. The lowest BCUT2D eigenvalue weighted by Crippen LogP contribution is -2.18. The van der Waals surface area contributed by atoms with Crippen molar-refractivity contribution in [2.45, 2.75) is 0 Å². The van der Waals surface area contributed by atoms with Crippen LogP contribution in [0.15, 0.2) is 86.6 Å². The van der Waals surface area contributed by atoms with Crippen molar-refractivity contribution in [2.75, 3.05) is 5.32 Å². The zero-order valence-electron chi connectivity index (χ0n) is 17.2. The first-order chi connectivity index (χ1) is 16.5. The van der Waals surface area contributed by atoms with E-state index in [1.165, 1.54) is 29.1 Å². The molecule has 34 heavy (non-hydrogen) atoms. The standard InChI is InChI=1S/C22H14N6O6/c29-19-12-14(13-5-2-1-3-6-13)23-22(25-19)27-18(11-15(26-27)16-7-4-10-33-16)24-21(30)17-8-9-20(34-17)28(31)32/h1-12H,(H,24,30)(H,23,25,29). The van der Waals surface area contributed by atoms with Gasteiger partial charge >= 0.3 is 5.88 Å². The molecule has 4 aromatic heterocycles. The number of H-pyrrole nitrogens is 1. The first-order valence-corrected chi connectivity index (χ1v) is 9.84. The van der Waals surface area contributed by atoms with E-state index in [2.05, 4.69) is 20.4 Å². The molecule has 1 amide bonds. The van der Waals surface area contributed by atoms with Crippen LogP contribution in [0.1, 0.15) is 10.6 Å². The normalized spacial score (nSPS) is 10.8. The number of carbonyl (C=O) groups is 1. The van der Waals surface area contributed by atoms with Crippen molar-refractivity contribution in [2.24, 2.45) is 0 Å². The fourth-order valence-electron chi connectivity index (χ4n) is 3.20. The SMILES string of the molecule is O=C(Nc1cc(-c2ccco2)nn1-c1nc(-c2ccccc2)cc(=O)[nH]1)c1ccc([N+](=O)[O-])o1. The Balaban J connectivity index is 1.58. The van der Waals surface area contributed by atoms with Gasteiger partial charge in [0.1, 0.15) is 16.4 Å². The van der Waals surface area contributed by atoms with Crippen molar-refractivity contribution in [1.29, 1.82) is 0 Å². The van der Waals surface area contributed by atoms with Crippen LogP contribution in [0.5, 0.6) is 0 Å². The number of nitrogens with zero attached hydrogens (tertiary/aromatic N) is 4. The maximum absolute atomic E-state index is 12.7. The Hall–Kier alpha value is -5.26. The van der Waals surface area contributed by atoms with Gasteiger partial charge < -0.3 is 14.2 Å². The summed E-state index contributed by atoms with van der Waals surface area (Å²) in [6, 6.07) is 17.5. The van der Waals surface area contributed by atoms with Gasteiger partial charge in [0, 0.05) is 17.7 Å². The number of nitrogens with one attached hydrogen (secondary N) is 2. The first-order valence-electron chi connectivity index (χ1n) is 9.84. The molecule has 0 aliphatic heterocycles. The minimum absolute atomic E-state index is 0.0323. The third kappa shape index (κ3) is 3.98. The second-order valence-corrected chi connectivity index (χ2v) is 6.97. The van der Waals surface area contributed by atoms with Crippen LogP contribution in [0.25, 0.3) is 28.7 Å². The van der Waals surface area contributed by atoms with Crippen LogP contribution in [0.4, 0.5) is 11.7 Å². The van der Waals surface area contributed by atoms with E-state index in [1.54, 1.807) is 24.3 Å². The van der Waals surface area contributed by atoms with Crippen molar-refractivity contribution in [3.63, 3.8) is 0 Å². The van der Waals surface area contributed by atoms with Crippen molar-refractivity contribution >= 4 is 17.6 Å². The molecule has 0 atom stereocenters. The molecule has 0 saturated heterocycles. The number of aromatic amines is 1. The molecule has 0 unspecified atom stereocenters. The maximum atomic E-state index is 12.7. The van der Waals surface area contributed by atoms with Gasteiger partial charge in [-0.25, -0.2) is 4.98 Å². The lowest BCUT2D eigenvalue weighted by molar-refractivity contribution is -0.402. The number of aromatic nitrogens is 4. The van der Waals surface area contributed by atoms with Crippen LogP contribution in [-0.4, -0.2) is 30.6 Å². The summed E-state index contributed by atoms with van der Waals surface area (Å²) in [6.45, 7) is 0. The van der Waals surface area contributed by atoms with Crippen molar-refractivity contribution in [3.05, 3.63) is 99.2 Å². The highest BCUT2D eigenvalue weighted by Gasteiger charge is 2.21. The quantitative estimate of drug-likeness (QED) is 0.288. The van der Waals surface area contributed by atoms with Gasteiger partial charge in [-0.3, -0.25) is 24.7 Å². The summed E-state index contributed by atoms with van der Waals surface area (Å²) < 4.78 is 11.6. The van der Waals surface area contributed by atoms with Crippen LogP contribution < -0.4 is 10.9 Å². The Morgan fingerprint density at radius 3 is 2.59 bits per heavy atom. The van der Waals surface area contributed by atoms with Gasteiger partial charge in [0.2, 0.25) is 5.95 Å². The van der Waals surface area contributed by atoms with E-state index >= 15 is 0 Å². The number of carbonyl (C=O) groups excluding carboxylic acids is 1. The topological polar surface area (TPSA) is 162 Å². The molecule has 4 heterocycles. The minimum Gasteiger partial charge on any atom is -0.463 e. The van der Waals surface area contributed by atoms with E-state index in [4.69, 9.17) is 8.83 Å². The summed E-state index contributed by atoms with van der Waals surface area (Å²) in [6.07, 6.45) is 1.46. The molecule has 0 bridgehead atoms. The fraction of sp³-hybridized carbons (Fsp3) is 0. The van der Waals surface area contributed by atoms with Gasteiger partial charge in [-0.05, 0) is 18.2 Å². The predicted octanol–water partition coefficient (Wildman–Crippen LogP) is 3.64. The molecular weight excluding hydrogens is 444 g/mol. The van der Waals surface area contributed by atoms with Crippen LogP contribution in [-0.2, 0) is 0 Å². The highest BCUT2D eigenvalue weighted by atomic mass is 16.6. The Morgan fingerprint density at radius 2 is 1.88 bits per heavy atom. The van der Waals surface area contributed by atoms with E-state index in [1.807, 2.05) is 18.2 Å². The summed E-state index contributed by atoms with van der Waals surface area (Å²) in [5, 5.41) is 17.9. The molecule has 2 N–H and O–H groups in total. The molecule has 12 heteroatoms. The third-order valence-electron chi connectivity index (χ3n) is 4.72. The summed E-state index contributed by atoms with van der Waals surface area (Å²) in [5.41, 5.74) is 1.02. The van der Waals surface area contributed by atoms with E-state index in [-0.39, 0.29) is 17.5 Å². The maximum Gasteiger partial charge on any atom is 0.433 e. The molecule has 168 valence electrons. The van der Waals surface area contributed by atoms with Crippen LogP contribution in [0.3, 0.4) is 0 Å². The number of benzene rings is 1. The largest absolute Gasteiger partial charge is 0.463 e. The van der Waals surface area contributed by atoms with Gasteiger partial charge in [-0.2, -0.15) is 9.78 Å². The molecule has 0 radical (unpaired) electrons. The second kappa shape index (κ2) is 8.35. The smallest absolute Gasteiger partial charge is 0.433 e. The summed E-state index contributed by atoms with van der Waals surface area (Å²) in [7, 11) is 0. The molecule has 0 fully saturated rings. The number of furan rings is 2. The Labute approximate surface area is 189 Å². The van der Waals surface area contributed by atoms with Crippen LogP contribution in [0, 0.1) is 10.1 Å². The molecule has 12 nitrogen and oxygen atoms in total. The van der Waals surface area contributed by atoms with Gasteiger partial charge in [0.05, 0.1) is 18.0 Å². The lowest BCUT2D eigenvalue weighted by atomic mass is 10.1. The van der Waals surface area contributed by atoms with E-state index in [9.17, 15) is 19.7 Å². The fourth-order valence-corrected chi connectivity index (χ4v) is 3.20. The molecule has 5 aromatic rings. The zero-order valence-corrected chi connectivity index (χ0v) is 17.2. The molecule has 0 saturated carbocycles. The molecular formula is C22H14N6O6. The highest BCUT2D eigenvalue weighted by Crippen LogP contribution is 2.26. The van der Waals surface area contributed by atoms with Gasteiger partial charge in [-0.15, -0.1) is 0 Å². The zero-order chi connectivity index (χ0) is 23.7. The second-order valence-electron chi connectivity index (χ2n) is 6.97. The summed E-state index contributed by atoms with van der Waals surface area (Å²) >= 11 is 0. The number of amides is 1.